The molecular formula is C13H13N3O5S. The summed E-state index contributed by atoms with van der Waals surface area (Å²) in [4.78, 5) is 11.4. The maximum Gasteiger partial charge on any atom is 0.263 e. The molecular weight excluding hydrogens is 310 g/mol. The topological polar surface area (TPSA) is 111 Å². The van der Waals surface area contributed by atoms with Crippen molar-refractivity contribution in [2.75, 3.05) is 16.6 Å². The second kappa shape index (κ2) is 5.02. The fraction of sp³-hybridized carbons (Fsp3) is 0.231. The fourth-order valence-electron chi connectivity index (χ4n) is 2.10. The molecule has 1 aromatic heterocycles. The molecule has 22 heavy (non-hydrogen) atoms. The van der Waals surface area contributed by atoms with Crippen molar-refractivity contribution in [3.05, 3.63) is 29.5 Å². The molecule has 0 saturated carbocycles. The molecule has 0 spiro atoms. The standard InChI is InChI=1S/C13H13N3O5S/c1-7-3-10-9(14-13(17)6-20-10)5-11(7)22(18,19)16-12-4-8(2)21-15-12/h3-5H,6H2,1-2H3,(H,14,17)(H,15,16). The largest absolute Gasteiger partial charge is 0.482 e. The summed E-state index contributed by atoms with van der Waals surface area (Å²) in [6, 6.07) is 4.39. The zero-order valence-corrected chi connectivity index (χ0v) is 12.7. The van der Waals surface area contributed by atoms with Crippen LogP contribution in [0.4, 0.5) is 11.5 Å². The SMILES string of the molecule is Cc1cc(NS(=O)(=O)c2cc3c(cc2C)OCC(=O)N3)no1. The minimum absolute atomic E-state index is 0.0257. The van der Waals surface area contributed by atoms with E-state index in [1.807, 2.05) is 0 Å². The number of fused-ring (bicyclic) bond motifs is 1. The van der Waals surface area contributed by atoms with Crippen molar-refractivity contribution in [1.82, 2.24) is 5.16 Å². The normalized spacial score (nSPS) is 14.0. The Hall–Kier alpha value is -2.55. The average Bonchev–Trinajstić information content (AvgIpc) is 2.83. The van der Waals surface area contributed by atoms with E-state index >= 15 is 0 Å². The number of carbonyl (C=O) groups excluding carboxylic acids is 1. The molecule has 116 valence electrons. The van der Waals surface area contributed by atoms with Crippen LogP contribution in [-0.2, 0) is 14.8 Å². The van der Waals surface area contributed by atoms with Gasteiger partial charge in [0.2, 0.25) is 0 Å². The highest BCUT2D eigenvalue weighted by atomic mass is 32.2. The third kappa shape index (κ3) is 2.62. The van der Waals surface area contributed by atoms with Gasteiger partial charge in [0.15, 0.2) is 12.4 Å². The maximum absolute atomic E-state index is 12.5. The van der Waals surface area contributed by atoms with Gasteiger partial charge in [0, 0.05) is 6.07 Å². The lowest BCUT2D eigenvalue weighted by atomic mass is 10.2. The lowest BCUT2D eigenvalue weighted by molar-refractivity contribution is -0.118. The zero-order valence-electron chi connectivity index (χ0n) is 11.8. The van der Waals surface area contributed by atoms with Crippen molar-refractivity contribution >= 4 is 27.4 Å². The van der Waals surface area contributed by atoms with Crippen LogP contribution in [0, 0.1) is 13.8 Å². The highest BCUT2D eigenvalue weighted by Crippen LogP contribution is 2.33. The first kappa shape index (κ1) is 14.4. The van der Waals surface area contributed by atoms with Gasteiger partial charge in [-0.3, -0.25) is 9.52 Å². The summed E-state index contributed by atoms with van der Waals surface area (Å²) in [5, 5.41) is 6.17. The summed E-state index contributed by atoms with van der Waals surface area (Å²) >= 11 is 0. The summed E-state index contributed by atoms with van der Waals surface area (Å²) < 4.78 is 37.3. The van der Waals surface area contributed by atoms with Crippen LogP contribution in [0.25, 0.3) is 0 Å². The Bertz CT molecular complexity index is 857. The summed E-state index contributed by atoms with van der Waals surface area (Å²) in [5.74, 6) is 0.684. The van der Waals surface area contributed by atoms with E-state index < -0.39 is 10.0 Å². The highest BCUT2D eigenvalue weighted by Gasteiger charge is 2.24. The van der Waals surface area contributed by atoms with E-state index in [1.54, 1.807) is 19.9 Å². The van der Waals surface area contributed by atoms with Crippen molar-refractivity contribution in [3.63, 3.8) is 0 Å². The van der Waals surface area contributed by atoms with Crippen LogP contribution in [0.5, 0.6) is 5.75 Å². The van der Waals surface area contributed by atoms with Crippen molar-refractivity contribution < 1.29 is 22.5 Å². The molecule has 0 atom stereocenters. The third-order valence-electron chi connectivity index (χ3n) is 3.07. The molecule has 8 nitrogen and oxygen atoms in total. The minimum Gasteiger partial charge on any atom is -0.482 e. The number of aromatic nitrogens is 1. The van der Waals surface area contributed by atoms with E-state index in [0.717, 1.165) is 0 Å². The van der Waals surface area contributed by atoms with Gasteiger partial charge in [-0.2, -0.15) is 0 Å². The number of rotatable bonds is 3. The molecule has 0 saturated heterocycles. The number of benzene rings is 1. The van der Waals surface area contributed by atoms with Gasteiger partial charge in [0.25, 0.3) is 15.9 Å². The molecule has 0 unspecified atom stereocenters. The number of aryl methyl sites for hydroxylation is 2. The van der Waals surface area contributed by atoms with Crippen LogP contribution in [-0.4, -0.2) is 26.1 Å². The molecule has 1 amide bonds. The molecule has 1 aromatic carbocycles. The van der Waals surface area contributed by atoms with Crippen molar-refractivity contribution in [2.24, 2.45) is 0 Å². The summed E-state index contributed by atoms with van der Waals surface area (Å²) in [6.07, 6.45) is 0. The van der Waals surface area contributed by atoms with Crippen molar-refractivity contribution in [1.29, 1.82) is 0 Å². The maximum atomic E-state index is 12.5. The fourth-order valence-corrected chi connectivity index (χ4v) is 3.34. The summed E-state index contributed by atoms with van der Waals surface area (Å²) in [6.45, 7) is 3.21. The van der Waals surface area contributed by atoms with Gasteiger partial charge in [-0.25, -0.2) is 8.42 Å². The smallest absolute Gasteiger partial charge is 0.263 e. The van der Waals surface area contributed by atoms with Crippen molar-refractivity contribution in [3.8, 4) is 5.75 Å². The van der Waals surface area contributed by atoms with Gasteiger partial charge in [0.1, 0.15) is 11.5 Å². The molecule has 0 fully saturated rings. The Kier molecular flexibility index (Phi) is 3.28. The quantitative estimate of drug-likeness (QED) is 0.884. The van der Waals surface area contributed by atoms with Gasteiger partial charge in [-0.05, 0) is 31.5 Å². The van der Waals surface area contributed by atoms with Crippen LogP contribution in [0.15, 0.2) is 27.6 Å². The molecule has 2 aromatic rings. The predicted molar refractivity (Wildman–Crippen MR) is 77.4 cm³/mol. The van der Waals surface area contributed by atoms with Gasteiger partial charge < -0.3 is 14.6 Å². The predicted octanol–water partition coefficient (Wildman–Crippen LogP) is 1.42. The number of sulfonamides is 1. The first-order valence-electron chi connectivity index (χ1n) is 6.38. The number of hydrogen-bond donors (Lipinski definition) is 2. The first-order valence-corrected chi connectivity index (χ1v) is 7.87. The second-order valence-electron chi connectivity index (χ2n) is 4.88. The lowest BCUT2D eigenvalue weighted by Crippen LogP contribution is -2.26. The van der Waals surface area contributed by atoms with E-state index in [2.05, 4.69) is 15.2 Å². The molecule has 0 bridgehead atoms. The number of carbonyl (C=O) groups is 1. The number of hydrogen-bond acceptors (Lipinski definition) is 6. The zero-order chi connectivity index (χ0) is 15.9. The molecule has 2 heterocycles. The third-order valence-corrected chi connectivity index (χ3v) is 4.56. The number of ether oxygens (including phenoxy) is 1. The van der Waals surface area contributed by atoms with E-state index in [4.69, 9.17) is 9.26 Å². The molecule has 0 aliphatic carbocycles. The van der Waals surface area contributed by atoms with Crippen LogP contribution < -0.4 is 14.8 Å². The lowest BCUT2D eigenvalue weighted by Gasteiger charge is -2.20. The van der Waals surface area contributed by atoms with Gasteiger partial charge >= 0.3 is 0 Å². The van der Waals surface area contributed by atoms with Crippen LogP contribution in [0.1, 0.15) is 11.3 Å². The van der Waals surface area contributed by atoms with Gasteiger partial charge in [0.05, 0.1) is 10.6 Å². The monoisotopic (exact) mass is 323 g/mol. The van der Waals surface area contributed by atoms with Crippen LogP contribution >= 0.6 is 0 Å². The molecule has 1 aliphatic rings. The molecule has 3 rings (SSSR count). The Morgan fingerprint density at radius 1 is 1.27 bits per heavy atom. The summed E-state index contributed by atoms with van der Waals surface area (Å²) in [7, 11) is -3.86. The molecule has 9 heteroatoms. The average molecular weight is 323 g/mol. The second-order valence-corrected chi connectivity index (χ2v) is 6.53. The minimum atomic E-state index is -3.86. The molecule has 0 radical (unpaired) electrons. The Morgan fingerprint density at radius 2 is 2.05 bits per heavy atom. The van der Waals surface area contributed by atoms with Crippen LogP contribution in [0.3, 0.4) is 0 Å². The van der Waals surface area contributed by atoms with E-state index in [1.165, 1.54) is 12.1 Å². The van der Waals surface area contributed by atoms with E-state index in [9.17, 15) is 13.2 Å². The first-order chi connectivity index (χ1) is 10.3. The van der Waals surface area contributed by atoms with Gasteiger partial charge in [-0.15, -0.1) is 0 Å². The number of nitrogens with one attached hydrogen (secondary N) is 2. The van der Waals surface area contributed by atoms with E-state index in [0.29, 0.717) is 22.8 Å². The Labute approximate surface area is 126 Å². The van der Waals surface area contributed by atoms with Crippen molar-refractivity contribution in [2.45, 2.75) is 18.7 Å². The molecule has 1 aliphatic heterocycles. The van der Waals surface area contributed by atoms with E-state index in [-0.39, 0.29) is 23.2 Å². The highest BCUT2D eigenvalue weighted by molar-refractivity contribution is 7.92. The number of nitrogens with zero attached hydrogens (tertiary/aromatic N) is 1. The number of anilines is 2. The number of amides is 1. The Morgan fingerprint density at radius 3 is 2.73 bits per heavy atom. The Balaban J connectivity index is 1.99. The summed E-state index contributed by atoms with van der Waals surface area (Å²) in [5.41, 5.74) is 0.807. The van der Waals surface area contributed by atoms with Gasteiger partial charge in [-0.1, -0.05) is 5.16 Å². The molecule has 2 N–H and O–H groups in total. The van der Waals surface area contributed by atoms with Crippen LogP contribution in [0.2, 0.25) is 0 Å².